The number of nitrogens with zero attached hydrogens (tertiary/aromatic N) is 3. The first kappa shape index (κ1) is 14.8. The molecule has 0 radical (unpaired) electrons. The standard InChI is InChI=1S/C17H21N3O4/c1-9-10-5-7-20(14(10)19-8-18-9)15-13-17(24-16(2,3)23-13)6-4-11(21)12(17)22-15/h5,7-8,11-13,15,21H,4,6H2,1-3H3/t11-,12-,13+,15-,17-/m1/s1. The van der Waals surface area contributed by atoms with Gasteiger partial charge in [-0.05, 0) is 39.7 Å². The highest BCUT2D eigenvalue weighted by molar-refractivity contribution is 5.78. The molecule has 7 heteroatoms. The van der Waals surface area contributed by atoms with Crippen LogP contribution in [0.5, 0.6) is 0 Å². The molecule has 2 saturated heterocycles. The van der Waals surface area contributed by atoms with Crippen LogP contribution in [0.2, 0.25) is 0 Å². The van der Waals surface area contributed by atoms with Crippen LogP contribution in [0.3, 0.4) is 0 Å². The molecule has 1 saturated carbocycles. The summed E-state index contributed by atoms with van der Waals surface area (Å²) in [6.07, 6.45) is 3.34. The van der Waals surface area contributed by atoms with Crippen molar-refractivity contribution >= 4 is 11.0 Å². The van der Waals surface area contributed by atoms with Crippen molar-refractivity contribution in [3.63, 3.8) is 0 Å². The maximum Gasteiger partial charge on any atom is 0.165 e. The molecule has 0 unspecified atom stereocenters. The average Bonchev–Trinajstić information content (AvgIpc) is 3.19. The molecule has 1 spiro atoms. The molecule has 0 bridgehead atoms. The van der Waals surface area contributed by atoms with Gasteiger partial charge in [-0.2, -0.15) is 0 Å². The number of ether oxygens (including phenoxy) is 3. The fourth-order valence-electron chi connectivity index (χ4n) is 4.59. The van der Waals surface area contributed by atoms with Crippen LogP contribution in [0.4, 0.5) is 0 Å². The van der Waals surface area contributed by atoms with Crippen LogP contribution in [0.1, 0.15) is 38.6 Å². The highest BCUT2D eigenvalue weighted by Gasteiger charge is 2.70. The van der Waals surface area contributed by atoms with Gasteiger partial charge in [0.15, 0.2) is 12.0 Å². The number of aromatic nitrogens is 3. The maximum absolute atomic E-state index is 10.4. The molecule has 4 heterocycles. The van der Waals surface area contributed by atoms with Gasteiger partial charge < -0.3 is 23.9 Å². The van der Waals surface area contributed by atoms with Gasteiger partial charge in [0.05, 0.1) is 11.8 Å². The minimum Gasteiger partial charge on any atom is -0.390 e. The summed E-state index contributed by atoms with van der Waals surface area (Å²) in [6.45, 7) is 5.79. The third-order valence-electron chi connectivity index (χ3n) is 5.52. The molecule has 1 aliphatic carbocycles. The van der Waals surface area contributed by atoms with E-state index in [0.717, 1.165) is 23.1 Å². The van der Waals surface area contributed by atoms with E-state index in [4.69, 9.17) is 14.2 Å². The van der Waals surface area contributed by atoms with E-state index in [1.54, 1.807) is 6.33 Å². The fraction of sp³-hybridized carbons (Fsp3) is 0.647. The zero-order chi connectivity index (χ0) is 16.7. The lowest BCUT2D eigenvalue weighted by molar-refractivity contribution is -0.215. The van der Waals surface area contributed by atoms with Crippen LogP contribution < -0.4 is 0 Å². The Hall–Kier alpha value is -1.54. The molecule has 0 aromatic carbocycles. The molecule has 3 fully saturated rings. The summed E-state index contributed by atoms with van der Waals surface area (Å²) in [5.74, 6) is -0.692. The van der Waals surface area contributed by atoms with Gasteiger partial charge in [0.2, 0.25) is 0 Å². The lowest BCUT2D eigenvalue weighted by Gasteiger charge is -2.27. The summed E-state index contributed by atoms with van der Waals surface area (Å²) in [6, 6.07) is 1.99. The predicted octanol–water partition coefficient (Wildman–Crippen LogP) is 1.68. The zero-order valence-corrected chi connectivity index (χ0v) is 14.0. The van der Waals surface area contributed by atoms with Crippen molar-refractivity contribution in [1.82, 2.24) is 14.5 Å². The third kappa shape index (κ3) is 1.75. The molecule has 5 rings (SSSR count). The second-order valence-electron chi connectivity index (χ2n) is 7.47. The van der Waals surface area contributed by atoms with Crippen molar-refractivity contribution in [3.05, 3.63) is 24.3 Å². The van der Waals surface area contributed by atoms with E-state index in [9.17, 15) is 5.11 Å². The van der Waals surface area contributed by atoms with E-state index in [2.05, 4.69) is 9.97 Å². The lowest BCUT2D eigenvalue weighted by atomic mass is 9.94. The van der Waals surface area contributed by atoms with Gasteiger partial charge >= 0.3 is 0 Å². The Bertz CT molecular complexity index is 819. The van der Waals surface area contributed by atoms with Crippen molar-refractivity contribution in [2.45, 2.75) is 69.5 Å². The Labute approximate surface area is 139 Å². The summed E-state index contributed by atoms with van der Waals surface area (Å²) in [7, 11) is 0. The third-order valence-corrected chi connectivity index (χ3v) is 5.52. The van der Waals surface area contributed by atoms with E-state index < -0.39 is 17.5 Å². The van der Waals surface area contributed by atoms with Crippen LogP contribution >= 0.6 is 0 Å². The topological polar surface area (TPSA) is 78.6 Å². The summed E-state index contributed by atoms with van der Waals surface area (Å²) in [5.41, 5.74) is 1.15. The molecule has 7 nitrogen and oxygen atoms in total. The summed E-state index contributed by atoms with van der Waals surface area (Å²) in [4.78, 5) is 8.66. The van der Waals surface area contributed by atoms with Crippen molar-refractivity contribution in [2.75, 3.05) is 0 Å². The van der Waals surface area contributed by atoms with Crippen molar-refractivity contribution in [1.29, 1.82) is 0 Å². The highest BCUT2D eigenvalue weighted by Crippen LogP contribution is 2.57. The smallest absolute Gasteiger partial charge is 0.165 e. The first-order valence-electron chi connectivity index (χ1n) is 8.41. The van der Waals surface area contributed by atoms with Crippen LogP contribution in [-0.2, 0) is 14.2 Å². The number of rotatable bonds is 1. The summed E-state index contributed by atoms with van der Waals surface area (Å²) >= 11 is 0. The number of aliphatic hydroxyl groups is 1. The van der Waals surface area contributed by atoms with E-state index in [-0.39, 0.29) is 18.4 Å². The van der Waals surface area contributed by atoms with Crippen molar-refractivity contribution in [3.8, 4) is 0 Å². The number of aryl methyl sites for hydroxylation is 1. The molecule has 0 amide bonds. The molecule has 2 aromatic rings. The van der Waals surface area contributed by atoms with Gasteiger partial charge in [-0.1, -0.05) is 0 Å². The maximum atomic E-state index is 10.4. The van der Waals surface area contributed by atoms with E-state index >= 15 is 0 Å². The van der Waals surface area contributed by atoms with Gasteiger partial charge in [0, 0.05) is 11.6 Å². The quantitative estimate of drug-likeness (QED) is 0.856. The molecule has 24 heavy (non-hydrogen) atoms. The van der Waals surface area contributed by atoms with Gasteiger partial charge in [-0.15, -0.1) is 0 Å². The number of fused-ring (bicyclic) bond motifs is 1. The minimum atomic E-state index is -0.692. The van der Waals surface area contributed by atoms with Crippen molar-refractivity contribution in [2.24, 2.45) is 0 Å². The van der Waals surface area contributed by atoms with E-state index in [0.29, 0.717) is 6.42 Å². The molecule has 3 aliphatic rings. The molecule has 2 aliphatic heterocycles. The number of aliphatic hydroxyl groups excluding tert-OH is 1. The lowest BCUT2D eigenvalue weighted by Crippen LogP contribution is -2.45. The molecular formula is C17H21N3O4. The molecule has 1 N–H and O–H groups in total. The van der Waals surface area contributed by atoms with Gasteiger partial charge in [0.25, 0.3) is 0 Å². The van der Waals surface area contributed by atoms with Gasteiger partial charge in [-0.25, -0.2) is 9.97 Å². The Morgan fingerprint density at radius 2 is 2.12 bits per heavy atom. The van der Waals surface area contributed by atoms with Crippen molar-refractivity contribution < 1.29 is 19.3 Å². The van der Waals surface area contributed by atoms with Crippen LogP contribution in [0, 0.1) is 6.92 Å². The first-order chi connectivity index (χ1) is 11.4. The summed E-state index contributed by atoms with van der Waals surface area (Å²) in [5, 5.41) is 11.4. The number of hydrogen-bond donors (Lipinski definition) is 1. The zero-order valence-electron chi connectivity index (χ0n) is 14.0. The normalized spacial score (nSPS) is 40.2. The average molecular weight is 331 g/mol. The van der Waals surface area contributed by atoms with Crippen LogP contribution in [0.15, 0.2) is 18.6 Å². The fourth-order valence-corrected chi connectivity index (χ4v) is 4.59. The molecule has 2 aromatic heterocycles. The second-order valence-corrected chi connectivity index (χ2v) is 7.47. The number of hydrogen-bond acceptors (Lipinski definition) is 6. The Morgan fingerprint density at radius 3 is 2.96 bits per heavy atom. The Kier molecular flexibility index (Phi) is 2.80. The minimum absolute atomic E-state index is 0.277. The predicted molar refractivity (Wildman–Crippen MR) is 84.2 cm³/mol. The first-order valence-corrected chi connectivity index (χ1v) is 8.41. The SMILES string of the molecule is Cc1ncnc2c1ccn2[C@@H]1O[C@@H]2[C@H](O)CC[C@@]23OC(C)(C)O[C@@H]13. The molecular weight excluding hydrogens is 310 g/mol. The van der Waals surface area contributed by atoms with Gasteiger partial charge in [-0.3, -0.25) is 0 Å². The van der Waals surface area contributed by atoms with E-state index in [1.165, 1.54) is 0 Å². The van der Waals surface area contributed by atoms with E-state index in [1.807, 2.05) is 37.6 Å². The van der Waals surface area contributed by atoms with Crippen LogP contribution in [0.25, 0.3) is 11.0 Å². The largest absolute Gasteiger partial charge is 0.390 e. The second kappa shape index (κ2) is 4.54. The molecule has 128 valence electrons. The molecule has 5 atom stereocenters. The Balaban J connectivity index is 1.63. The summed E-state index contributed by atoms with van der Waals surface area (Å²) < 4.78 is 20.7. The monoisotopic (exact) mass is 331 g/mol. The Morgan fingerprint density at radius 1 is 1.29 bits per heavy atom. The van der Waals surface area contributed by atoms with Crippen LogP contribution in [-0.4, -0.2) is 49.3 Å². The van der Waals surface area contributed by atoms with Gasteiger partial charge in [0.1, 0.15) is 29.8 Å². The highest BCUT2D eigenvalue weighted by atomic mass is 16.8.